The normalized spacial score (nSPS) is 10.7. The number of rotatable bonds is 5. The van der Waals surface area contributed by atoms with Crippen LogP contribution in [0, 0.1) is 0 Å². The van der Waals surface area contributed by atoms with Crippen LogP contribution in [0.5, 0.6) is 11.5 Å². The summed E-state index contributed by atoms with van der Waals surface area (Å²) in [5.74, 6) is 2.29. The highest BCUT2D eigenvalue weighted by Crippen LogP contribution is 2.27. The van der Waals surface area contributed by atoms with Crippen LogP contribution in [0.3, 0.4) is 0 Å². The summed E-state index contributed by atoms with van der Waals surface area (Å²) in [4.78, 5) is 7.72. The highest BCUT2D eigenvalue weighted by atomic mass is 16.5. The fraction of sp³-hybridized carbons (Fsp3) is 0.188. The average Bonchev–Trinajstić information content (AvgIpc) is 2.89. The number of para-hydroxylation sites is 4. The van der Waals surface area contributed by atoms with Crippen LogP contribution in [0.4, 0.5) is 0 Å². The minimum absolute atomic E-state index is 0.388. The number of benzene rings is 2. The Hall–Kier alpha value is -2.49. The number of nitrogens with one attached hydrogen (secondary N) is 1. The molecule has 0 spiro atoms. The van der Waals surface area contributed by atoms with E-state index in [9.17, 15) is 0 Å². The molecule has 0 aliphatic heterocycles. The number of aromatic nitrogens is 2. The lowest BCUT2D eigenvalue weighted by Gasteiger charge is -2.10. The number of hydrogen-bond acceptors (Lipinski definition) is 3. The van der Waals surface area contributed by atoms with Gasteiger partial charge in [-0.25, -0.2) is 4.98 Å². The van der Waals surface area contributed by atoms with Gasteiger partial charge in [-0.3, -0.25) is 0 Å². The zero-order valence-electron chi connectivity index (χ0n) is 11.3. The topological polar surface area (TPSA) is 47.1 Å². The molecule has 102 valence electrons. The van der Waals surface area contributed by atoms with Gasteiger partial charge in [-0.15, -0.1) is 0 Å². The van der Waals surface area contributed by atoms with Crippen molar-refractivity contribution in [2.75, 3.05) is 6.61 Å². The fourth-order valence-corrected chi connectivity index (χ4v) is 2.06. The molecule has 2 aromatic carbocycles. The summed E-state index contributed by atoms with van der Waals surface area (Å²) in [5, 5.41) is 0. The zero-order valence-corrected chi connectivity index (χ0v) is 11.3. The van der Waals surface area contributed by atoms with Crippen LogP contribution in [0.2, 0.25) is 0 Å². The van der Waals surface area contributed by atoms with Gasteiger partial charge in [-0.05, 0) is 31.2 Å². The van der Waals surface area contributed by atoms with E-state index in [1.165, 1.54) is 0 Å². The van der Waals surface area contributed by atoms with E-state index in [4.69, 9.17) is 9.47 Å². The number of fused-ring (bicyclic) bond motifs is 1. The molecule has 1 N–H and O–H groups in total. The quantitative estimate of drug-likeness (QED) is 0.770. The van der Waals surface area contributed by atoms with E-state index < -0.39 is 0 Å². The minimum Gasteiger partial charge on any atom is -0.490 e. The van der Waals surface area contributed by atoms with Crippen LogP contribution >= 0.6 is 0 Å². The maximum Gasteiger partial charge on any atom is 0.161 e. The highest BCUT2D eigenvalue weighted by Gasteiger charge is 2.06. The first-order valence-corrected chi connectivity index (χ1v) is 6.65. The van der Waals surface area contributed by atoms with Crippen molar-refractivity contribution in [3.05, 3.63) is 54.4 Å². The molecular formula is C16H16N2O2. The van der Waals surface area contributed by atoms with Gasteiger partial charge in [0.15, 0.2) is 11.5 Å². The summed E-state index contributed by atoms with van der Waals surface area (Å²) in [5.41, 5.74) is 1.97. The summed E-state index contributed by atoms with van der Waals surface area (Å²) in [6.45, 7) is 2.96. The maximum atomic E-state index is 5.79. The summed E-state index contributed by atoms with van der Waals surface area (Å²) in [6, 6.07) is 15.6. The highest BCUT2D eigenvalue weighted by molar-refractivity contribution is 5.74. The van der Waals surface area contributed by atoms with Crippen molar-refractivity contribution in [3.8, 4) is 11.5 Å². The van der Waals surface area contributed by atoms with Crippen molar-refractivity contribution in [2.24, 2.45) is 0 Å². The van der Waals surface area contributed by atoms with Crippen molar-refractivity contribution in [3.63, 3.8) is 0 Å². The van der Waals surface area contributed by atoms with E-state index in [0.717, 1.165) is 28.4 Å². The SMILES string of the molecule is CCOc1ccccc1OCc1nc2ccccc2[nH]1. The molecule has 0 unspecified atom stereocenters. The van der Waals surface area contributed by atoms with E-state index in [0.29, 0.717) is 13.2 Å². The molecule has 4 heteroatoms. The molecule has 0 saturated carbocycles. The second kappa shape index (κ2) is 5.65. The minimum atomic E-state index is 0.388. The van der Waals surface area contributed by atoms with Crippen molar-refractivity contribution in [1.82, 2.24) is 9.97 Å². The molecule has 0 radical (unpaired) electrons. The molecule has 1 heterocycles. The van der Waals surface area contributed by atoms with Crippen molar-refractivity contribution < 1.29 is 9.47 Å². The lowest BCUT2D eigenvalue weighted by Crippen LogP contribution is -2.00. The second-order valence-corrected chi connectivity index (χ2v) is 4.37. The lowest BCUT2D eigenvalue weighted by atomic mass is 10.3. The maximum absolute atomic E-state index is 5.79. The summed E-state index contributed by atoms with van der Waals surface area (Å²) >= 11 is 0. The average molecular weight is 268 g/mol. The standard InChI is InChI=1S/C16H16N2O2/c1-2-19-14-9-5-6-10-15(14)20-11-16-17-12-7-3-4-8-13(12)18-16/h3-10H,2,11H2,1H3,(H,17,18). The van der Waals surface area contributed by atoms with Gasteiger partial charge in [0.05, 0.1) is 17.6 Å². The van der Waals surface area contributed by atoms with Gasteiger partial charge in [0.25, 0.3) is 0 Å². The van der Waals surface area contributed by atoms with E-state index in [-0.39, 0.29) is 0 Å². The molecule has 3 aromatic rings. The predicted molar refractivity (Wildman–Crippen MR) is 78.0 cm³/mol. The smallest absolute Gasteiger partial charge is 0.161 e. The molecule has 0 atom stereocenters. The Morgan fingerprint density at radius 1 is 0.950 bits per heavy atom. The van der Waals surface area contributed by atoms with Crippen LogP contribution in [0.25, 0.3) is 11.0 Å². The monoisotopic (exact) mass is 268 g/mol. The number of H-pyrrole nitrogens is 1. The van der Waals surface area contributed by atoms with E-state index >= 15 is 0 Å². The molecule has 3 rings (SSSR count). The molecule has 20 heavy (non-hydrogen) atoms. The predicted octanol–water partition coefficient (Wildman–Crippen LogP) is 3.54. The van der Waals surface area contributed by atoms with Crippen molar-refractivity contribution >= 4 is 11.0 Å². The molecule has 1 aromatic heterocycles. The number of hydrogen-bond donors (Lipinski definition) is 1. The molecule has 0 saturated heterocycles. The van der Waals surface area contributed by atoms with Crippen LogP contribution in [-0.4, -0.2) is 16.6 Å². The van der Waals surface area contributed by atoms with Gasteiger partial charge in [0.1, 0.15) is 12.4 Å². The van der Waals surface area contributed by atoms with Crippen LogP contribution in [-0.2, 0) is 6.61 Å². The van der Waals surface area contributed by atoms with E-state index in [1.54, 1.807) is 0 Å². The van der Waals surface area contributed by atoms with Crippen LogP contribution < -0.4 is 9.47 Å². The summed E-state index contributed by atoms with van der Waals surface area (Å²) < 4.78 is 11.3. The van der Waals surface area contributed by atoms with Gasteiger partial charge in [0.2, 0.25) is 0 Å². The Morgan fingerprint density at radius 2 is 1.65 bits per heavy atom. The number of nitrogens with zero attached hydrogens (tertiary/aromatic N) is 1. The summed E-state index contributed by atoms with van der Waals surface area (Å²) in [7, 11) is 0. The Balaban J connectivity index is 1.76. The zero-order chi connectivity index (χ0) is 13.8. The molecule has 0 fully saturated rings. The molecule has 4 nitrogen and oxygen atoms in total. The molecule has 0 amide bonds. The van der Waals surface area contributed by atoms with Crippen LogP contribution in [0.15, 0.2) is 48.5 Å². The van der Waals surface area contributed by atoms with Gasteiger partial charge >= 0.3 is 0 Å². The van der Waals surface area contributed by atoms with Gasteiger partial charge < -0.3 is 14.5 Å². The second-order valence-electron chi connectivity index (χ2n) is 4.37. The Bertz CT molecular complexity index is 673. The Morgan fingerprint density at radius 3 is 2.40 bits per heavy atom. The first-order chi connectivity index (χ1) is 9.86. The molecule has 0 aliphatic rings. The first-order valence-electron chi connectivity index (χ1n) is 6.65. The third-order valence-corrected chi connectivity index (χ3v) is 2.95. The third-order valence-electron chi connectivity index (χ3n) is 2.95. The lowest BCUT2D eigenvalue weighted by molar-refractivity contribution is 0.264. The Kier molecular flexibility index (Phi) is 3.54. The first kappa shape index (κ1) is 12.5. The fourth-order valence-electron chi connectivity index (χ4n) is 2.06. The number of aromatic amines is 1. The van der Waals surface area contributed by atoms with Crippen molar-refractivity contribution in [2.45, 2.75) is 13.5 Å². The number of imidazole rings is 1. The molecular weight excluding hydrogens is 252 g/mol. The van der Waals surface area contributed by atoms with E-state index in [2.05, 4.69) is 9.97 Å². The van der Waals surface area contributed by atoms with Gasteiger partial charge in [-0.2, -0.15) is 0 Å². The van der Waals surface area contributed by atoms with Gasteiger partial charge in [-0.1, -0.05) is 24.3 Å². The van der Waals surface area contributed by atoms with E-state index in [1.807, 2.05) is 55.5 Å². The van der Waals surface area contributed by atoms with Crippen LogP contribution in [0.1, 0.15) is 12.7 Å². The molecule has 0 aliphatic carbocycles. The Labute approximate surface area is 117 Å². The van der Waals surface area contributed by atoms with Gasteiger partial charge in [0, 0.05) is 0 Å². The number of ether oxygens (including phenoxy) is 2. The molecule has 0 bridgehead atoms. The van der Waals surface area contributed by atoms with Crippen molar-refractivity contribution in [1.29, 1.82) is 0 Å². The summed E-state index contributed by atoms with van der Waals surface area (Å²) in [6.07, 6.45) is 0. The third kappa shape index (κ3) is 2.59. The largest absolute Gasteiger partial charge is 0.490 e.